The molecule has 1 aliphatic heterocycles. The first-order chi connectivity index (χ1) is 9.70. The van der Waals surface area contributed by atoms with Gasteiger partial charge in [0, 0.05) is 19.6 Å². The van der Waals surface area contributed by atoms with Crippen molar-refractivity contribution >= 4 is 5.91 Å². The summed E-state index contributed by atoms with van der Waals surface area (Å²) in [6, 6.07) is 0. The van der Waals surface area contributed by atoms with Gasteiger partial charge in [-0.15, -0.1) is 0 Å². The zero-order valence-corrected chi connectivity index (χ0v) is 13.2. The Kier molecular flexibility index (Phi) is 6.34. The van der Waals surface area contributed by atoms with E-state index >= 15 is 0 Å². The van der Waals surface area contributed by atoms with E-state index in [1.165, 1.54) is 51.4 Å². The van der Waals surface area contributed by atoms with Crippen molar-refractivity contribution in [3.63, 3.8) is 0 Å². The number of rotatable bonds is 4. The van der Waals surface area contributed by atoms with Gasteiger partial charge in [0.2, 0.25) is 5.91 Å². The molecule has 116 valence electrons. The van der Waals surface area contributed by atoms with Crippen molar-refractivity contribution in [2.75, 3.05) is 19.6 Å². The van der Waals surface area contributed by atoms with E-state index in [1.807, 2.05) is 0 Å². The molecule has 1 saturated carbocycles. The van der Waals surface area contributed by atoms with Gasteiger partial charge in [0.1, 0.15) is 0 Å². The molecule has 2 N–H and O–H groups in total. The van der Waals surface area contributed by atoms with Crippen LogP contribution >= 0.6 is 0 Å². The molecule has 0 radical (unpaired) electrons. The maximum absolute atomic E-state index is 12.7. The third-order valence-electron chi connectivity index (χ3n) is 5.30. The van der Waals surface area contributed by atoms with Crippen molar-refractivity contribution in [2.24, 2.45) is 23.5 Å². The molecule has 20 heavy (non-hydrogen) atoms. The molecule has 3 heteroatoms. The molecule has 2 aliphatic rings. The van der Waals surface area contributed by atoms with E-state index in [1.54, 1.807) is 0 Å². The lowest BCUT2D eigenvalue weighted by Gasteiger charge is -2.31. The number of likely N-dealkylation sites (tertiary alicyclic amines) is 1. The molecule has 1 aliphatic carbocycles. The van der Waals surface area contributed by atoms with Crippen LogP contribution in [0.5, 0.6) is 0 Å². The largest absolute Gasteiger partial charge is 0.342 e. The fraction of sp³-hybridized carbons (Fsp3) is 0.941. The molecule has 0 bridgehead atoms. The van der Waals surface area contributed by atoms with Crippen LogP contribution in [0.4, 0.5) is 0 Å². The summed E-state index contributed by atoms with van der Waals surface area (Å²) in [5, 5.41) is 0. The molecule has 0 spiro atoms. The Morgan fingerprint density at radius 3 is 2.25 bits per heavy atom. The lowest BCUT2D eigenvalue weighted by atomic mass is 9.78. The minimum absolute atomic E-state index is 0.0755. The highest BCUT2D eigenvalue weighted by molar-refractivity contribution is 5.79. The van der Waals surface area contributed by atoms with E-state index in [9.17, 15) is 4.79 Å². The van der Waals surface area contributed by atoms with Gasteiger partial charge in [0.25, 0.3) is 0 Å². The summed E-state index contributed by atoms with van der Waals surface area (Å²) < 4.78 is 0. The van der Waals surface area contributed by atoms with Crippen molar-refractivity contribution in [2.45, 2.75) is 64.7 Å². The van der Waals surface area contributed by atoms with Gasteiger partial charge in [-0.2, -0.15) is 0 Å². The number of carbonyl (C=O) groups is 1. The van der Waals surface area contributed by atoms with Crippen molar-refractivity contribution in [3.8, 4) is 0 Å². The first-order valence-corrected chi connectivity index (χ1v) is 8.69. The minimum Gasteiger partial charge on any atom is -0.342 e. The van der Waals surface area contributed by atoms with Crippen molar-refractivity contribution in [1.82, 2.24) is 4.90 Å². The molecular formula is C17H32N2O. The maximum Gasteiger partial charge on any atom is 0.226 e. The van der Waals surface area contributed by atoms with Crippen LogP contribution in [-0.4, -0.2) is 30.4 Å². The van der Waals surface area contributed by atoms with E-state index < -0.39 is 0 Å². The first-order valence-electron chi connectivity index (χ1n) is 8.69. The number of nitrogens with two attached hydrogens (primary N) is 1. The Morgan fingerprint density at radius 2 is 1.70 bits per heavy atom. The number of hydrogen-bond acceptors (Lipinski definition) is 2. The topological polar surface area (TPSA) is 46.3 Å². The molecule has 1 saturated heterocycles. The van der Waals surface area contributed by atoms with E-state index in [2.05, 4.69) is 11.8 Å². The number of nitrogens with zero attached hydrogens (tertiary/aromatic N) is 1. The van der Waals surface area contributed by atoms with E-state index in [4.69, 9.17) is 5.73 Å². The van der Waals surface area contributed by atoms with Crippen LogP contribution in [0.15, 0.2) is 0 Å². The van der Waals surface area contributed by atoms with Crippen LogP contribution in [0.1, 0.15) is 64.7 Å². The highest BCUT2D eigenvalue weighted by atomic mass is 16.2. The van der Waals surface area contributed by atoms with Gasteiger partial charge in [-0.1, -0.05) is 45.4 Å². The molecule has 2 fully saturated rings. The standard InChI is InChI=1S/C17H32N2O/c1-14-6-8-15(9-7-14)12-16(13-18)17(20)19-10-4-2-3-5-11-19/h14-16H,2-13,18H2,1H3. The van der Waals surface area contributed by atoms with Crippen LogP contribution < -0.4 is 5.73 Å². The van der Waals surface area contributed by atoms with Crippen molar-refractivity contribution < 1.29 is 4.79 Å². The Bertz CT molecular complexity index is 289. The van der Waals surface area contributed by atoms with Gasteiger partial charge in [0.15, 0.2) is 0 Å². The molecule has 0 aromatic heterocycles. The molecule has 3 nitrogen and oxygen atoms in total. The molecule has 2 rings (SSSR count). The van der Waals surface area contributed by atoms with E-state index in [0.717, 1.165) is 31.3 Å². The second-order valence-electron chi connectivity index (χ2n) is 7.03. The number of hydrogen-bond donors (Lipinski definition) is 1. The monoisotopic (exact) mass is 280 g/mol. The predicted molar refractivity (Wildman–Crippen MR) is 83.3 cm³/mol. The Hall–Kier alpha value is -0.570. The smallest absolute Gasteiger partial charge is 0.226 e. The zero-order chi connectivity index (χ0) is 14.4. The summed E-state index contributed by atoms with van der Waals surface area (Å²) in [6.45, 7) is 4.79. The highest BCUT2D eigenvalue weighted by Crippen LogP contribution is 2.32. The van der Waals surface area contributed by atoms with Gasteiger partial charge in [0.05, 0.1) is 5.92 Å². The summed E-state index contributed by atoms with van der Waals surface area (Å²) in [4.78, 5) is 14.8. The lowest BCUT2D eigenvalue weighted by Crippen LogP contribution is -2.40. The fourth-order valence-electron chi connectivity index (χ4n) is 3.81. The van der Waals surface area contributed by atoms with Gasteiger partial charge in [-0.25, -0.2) is 0 Å². The summed E-state index contributed by atoms with van der Waals surface area (Å²) in [5.41, 5.74) is 5.92. The van der Waals surface area contributed by atoms with Gasteiger partial charge in [-0.05, 0) is 31.1 Å². The molecule has 1 atom stereocenters. The van der Waals surface area contributed by atoms with E-state index in [-0.39, 0.29) is 5.92 Å². The lowest BCUT2D eigenvalue weighted by molar-refractivity contribution is -0.135. The molecular weight excluding hydrogens is 248 g/mol. The second kappa shape index (κ2) is 8.02. The normalized spacial score (nSPS) is 29.8. The average Bonchev–Trinajstić information content (AvgIpc) is 2.75. The highest BCUT2D eigenvalue weighted by Gasteiger charge is 2.28. The van der Waals surface area contributed by atoms with Crippen molar-refractivity contribution in [3.05, 3.63) is 0 Å². The number of amides is 1. The number of carbonyl (C=O) groups excluding carboxylic acids is 1. The molecule has 1 amide bonds. The quantitative estimate of drug-likeness (QED) is 0.859. The third kappa shape index (κ3) is 4.47. The fourth-order valence-corrected chi connectivity index (χ4v) is 3.81. The maximum atomic E-state index is 12.7. The predicted octanol–water partition coefficient (Wildman–Crippen LogP) is 3.18. The van der Waals surface area contributed by atoms with Crippen LogP contribution in [-0.2, 0) is 4.79 Å². The summed E-state index contributed by atoms with van der Waals surface area (Å²) in [6.07, 6.45) is 11.2. The second-order valence-corrected chi connectivity index (χ2v) is 7.03. The summed E-state index contributed by atoms with van der Waals surface area (Å²) in [5.74, 6) is 2.03. The molecule has 1 unspecified atom stereocenters. The summed E-state index contributed by atoms with van der Waals surface area (Å²) >= 11 is 0. The average molecular weight is 280 g/mol. The Morgan fingerprint density at radius 1 is 1.10 bits per heavy atom. The third-order valence-corrected chi connectivity index (χ3v) is 5.30. The van der Waals surface area contributed by atoms with Crippen LogP contribution in [0.2, 0.25) is 0 Å². The Balaban J connectivity index is 1.84. The van der Waals surface area contributed by atoms with Crippen LogP contribution in [0.3, 0.4) is 0 Å². The molecule has 0 aromatic rings. The van der Waals surface area contributed by atoms with Gasteiger partial charge in [-0.3, -0.25) is 4.79 Å². The van der Waals surface area contributed by atoms with Crippen LogP contribution in [0, 0.1) is 17.8 Å². The van der Waals surface area contributed by atoms with Crippen molar-refractivity contribution in [1.29, 1.82) is 0 Å². The summed E-state index contributed by atoms with van der Waals surface area (Å²) in [7, 11) is 0. The molecule has 1 heterocycles. The molecule has 0 aromatic carbocycles. The first kappa shape index (κ1) is 15.8. The van der Waals surface area contributed by atoms with Crippen LogP contribution in [0.25, 0.3) is 0 Å². The van der Waals surface area contributed by atoms with Gasteiger partial charge >= 0.3 is 0 Å². The van der Waals surface area contributed by atoms with E-state index in [0.29, 0.717) is 12.5 Å². The minimum atomic E-state index is 0.0755. The SMILES string of the molecule is CC1CCC(CC(CN)C(=O)N2CCCCCC2)CC1. The zero-order valence-electron chi connectivity index (χ0n) is 13.2. The van der Waals surface area contributed by atoms with Gasteiger partial charge < -0.3 is 10.6 Å². The Labute approximate surface area is 124 Å².